The number of halogens is 4. The van der Waals surface area contributed by atoms with E-state index in [0.29, 0.717) is 41.2 Å². The van der Waals surface area contributed by atoms with Crippen molar-refractivity contribution >= 4 is 28.3 Å². The first-order valence-corrected chi connectivity index (χ1v) is 13.8. The summed E-state index contributed by atoms with van der Waals surface area (Å²) < 4.78 is 71.4. The lowest BCUT2D eigenvalue weighted by Crippen LogP contribution is -2.26. The minimum atomic E-state index is -1.77. The van der Waals surface area contributed by atoms with E-state index in [2.05, 4.69) is 4.74 Å². The Morgan fingerprint density at radius 2 is 1.70 bits per heavy atom. The number of hydrogen-bond donors (Lipinski definition) is 2. The maximum Gasteiger partial charge on any atom is 0.311 e. The van der Waals surface area contributed by atoms with Crippen molar-refractivity contribution in [3.8, 4) is 33.9 Å². The second-order valence-corrected chi connectivity index (χ2v) is 10.2. The van der Waals surface area contributed by atoms with E-state index < -0.39 is 35.0 Å². The van der Waals surface area contributed by atoms with Gasteiger partial charge < -0.3 is 29.9 Å². The third kappa shape index (κ3) is 5.77. The minimum absolute atomic E-state index is 0.0460. The number of rotatable bonds is 9. The van der Waals surface area contributed by atoms with Gasteiger partial charge in [-0.25, -0.2) is 8.78 Å². The Hall–Kier alpha value is -5.06. The van der Waals surface area contributed by atoms with Crippen molar-refractivity contribution in [2.75, 3.05) is 30.8 Å². The molecule has 44 heavy (non-hydrogen) atoms. The highest BCUT2D eigenvalue weighted by atomic mass is 19.2. The van der Waals surface area contributed by atoms with Crippen LogP contribution < -0.4 is 25.5 Å². The number of nitrogens with one attached hydrogen (secondary N) is 1. The standard InChI is InChI=1S/C33H29F4N3O4/c1-4-40(11-5-6-29(41)44-33-31(36)23(34)15-24(35)32(33)37)25-16-26(42-3)22(12-17(25)2)30-20-9-7-18(38)13-27(20)43-28-14-19(39)8-10-21(28)30/h7-10,12-16,38H,4-6,11,39H2,1-3H3. The van der Waals surface area contributed by atoms with E-state index >= 15 is 0 Å². The van der Waals surface area contributed by atoms with Gasteiger partial charge in [-0.1, -0.05) is 0 Å². The average Bonchev–Trinajstić information content (AvgIpc) is 2.99. The Balaban J connectivity index is 1.43. The number of carbonyl (C=O) groups excluding carboxylic acids is 1. The summed E-state index contributed by atoms with van der Waals surface area (Å²) in [4.78, 5) is 14.3. The van der Waals surface area contributed by atoms with Gasteiger partial charge in [-0.05, 0) is 56.2 Å². The second-order valence-electron chi connectivity index (χ2n) is 10.2. The highest BCUT2D eigenvalue weighted by molar-refractivity contribution is 6.04. The lowest BCUT2D eigenvalue weighted by molar-refractivity contribution is -0.134. The van der Waals surface area contributed by atoms with Crippen LogP contribution in [0.5, 0.6) is 11.5 Å². The maximum absolute atomic E-state index is 13.9. The van der Waals surface area contributed by atoms with Crippen molar-refractivity contribution in [3.05, 3.63) is 88.8 Å². The molecule has 5 rings (SSSR count). The van der Waals surface area contributed by atoms with Crippen molar-refractivity contribution in [2.45, 2.75) is 26.7 Å². The summed E-state index contributed by atoms with van der Waals surface area (Å²) >= 11 is 0. The first-order valence-electron chi connectivity index (χ1n) is 13.8. The number of methoxy groups -OCH3 is 1. The highest BCUT2D eigenvalue weighted by Gasteiger charge is 2.24. The number of ether oxygens (including phenoxy) is 2. The summed E-state index contributed by atoms with van der Waals surface area (Å²) in [5.74, 6) is -8.19. The first-order chi connectivity index (χ1) is 21.0. The van der Waals surface area contributed by atoms with Crippen LogP contribution in [0.4, 0.5) is 28.9 Å². The normalized spacial score (nSPS) is 11.2. The Morgan fingerprint density at radius 3 is 2.39 bits per heavy atom. The van der Waals surface area contributed by atoms with Gasteiger partial charge in [-0.3, -0.25) is 4.79 Å². The molecular formula is C33H29F4N3O4. The second kappa shape index (κ2) is 12.3. The number of benzene rings is 4. The van der Waals surface area contributed by atoms with Gasteiger partial charge in [-0.2, -0.15) is 8.78 Å². The monoisotopic (exact) mass is 607 g/mol. The molecule has 0 radical (unpaired) electrons. The summed E-state index contributed by atoms with van der Waals surface area (Å²) in [5, 5.41) is 9.19. The molecular weight excluding hydrogens is 578 g/mol. The van der Waals surface area contributed by atoms with Crippen LogP contribution in [-0.2, 0) is 4.79 Å². The van der Waals surface area contributed by atoms with E-state index in [1.807, 2.05) is 43.0 Å². The molecule has 3 N–H and O–H groups in total. The predicted molar refractivity (Wildman–Crippen MR) is 159 cm³/mol. The Labute approximate surface area is 250 Å². The van der Waals surface area contributed by atoms with Gasteiger partial charge in [0.1, 0.15) is 17.1 Å². The molecule has 0 amide bonds. The quantitative estimate of drug-likeness (QED) is 0.0454. The Bertz CT molecular complexity index is 1900. The molecule has 0 unspecified atom stereocenters. The van der Waals surface area contributed by atoms with Crippen LogP contribution in [-0.4, -0.2) is 26.2 Å². The number of esters is 1. The summed E-state index contributed by atoms with van der Waals surface area (Å²) in [6.45, 7) is 4.79. The summed E-state index contributed by atoms with van der Waals surface area (Å²) in [5.41, 5.74) is 11.3. The lowest BCUT2D eigenvalue weighted by Gasteiger charge is -2.27. The van der Waals surface area contributed by atoms with Crippen molar-refractivity contribution < 1.29 is 36.2 Å². The molecule has 0 spiro atoms. The lowest BCUT2D eigenvalue weighted by atomic mass is 9.91. The van der Waals surface area contributed by atoms with Crippen LogP contribution >= 0.6 is 0 Å². The third-order valence-electron chi connectivity index (χ3n) is 7.35. The fourth-order valence-corrected chi connectivity index (χ4v) is 5.25. The van der Waals surface area contributed by atoms with Crippen LogP contribution in [0.3, 0.4) is 0 Å². The molecule has 7 nitrogen and oxygen atoms in total. The van der Waals surface area contributed by atoms with E-state index in [-0.39, 0.29) is 18.9 Å². The molecule has 1 heterocycles. The molecule has 0 atom stereocenters. The van der Waals surface area contributed by atoms with Crippen LogP contribution in [0, 0.1) is 35.6 Å². The molecule has 0 bridgehead atoms. The number of fused-ring (bicyclic) bond motifs is 2. The van der Waals surface area contributed by atoms with Gasteiger partial charge in [0.15, 0.2) is 11.6 Å². The number of nitrogen functional groups attached to an aromatic ring is 1. The van der Waals surface area contributed by atoms with Gasteiger partial charge in [0.25, 0.3) is 0 Å². The SMILES string of the molecule is CCN(CCCC(=O)Oc1c(F)c(F)cc(F)c1F)c1cc(OC)c(-c2c3ccc(=N)cc-3oc3cc(N)ccc23)cc1C. The summed E-state index contributed by atoms with van der Waals surface area (Å²) in [6.07, 6.45) is -0.0298. The average molecular weight is 608 g/mol. The zero-order valence-corrected chi connectivity index (χ0v) is 24.2. The molecule has 0 saturated carbocycles. The van der Waals surface area contributed by atoms with E-state index in [9.17, 15) is 22.4 Å². The van der Waals surface area contributed by atoms with Crippen molar-refractivity contribution in [1.82, 2.24) is 0 Å². The molecule has 3 aromatic carbocycles. The Morgan fingerprint density at radius 1 is 0.977 bits per heavy atom. The number of nitrogens with two attached hydrogens (primary N) is 1. The number of hydrogen-bond acceptors (Lipinski definition) is 7. The highest BCUT2D eigenvalue weighted by Crippen LogP contribution is 2.45. The van der Waals surface area contributed by atoms with E-state index in [0.717, 1.165) is 33.3 Å². The number of anilines is 2. The van der Waals surface area contributed by atoms with Crippen molar-refractivity contribution in [2.24, 2.45) is 0 Å². The maximum atomic E-state index is 13.9. The van der Waals surface area contributed by atoms with Crippen LogP contribution in [0.15, 0.2) is 59.0 Å². The van der Waals surface area contributed by atoms with Crippen LogP contribution in [0.25, 0.3) is 33.4 Å². The van der Waals surface area contributed by atoms with Crippen molar-refractivity contribution in [1.29, 1.82) is 5.41 Å². The molecule has 3 aromatic rings. The molecule has 0 saturated heterocycles. The van der Waals surface area contributed by atoms with Gasteiger partial charge in [0, 0.05) is 77.2 Å². The molecule has 2 aliphatic rings. The van der Waals surface area contributed by atoms with Gasteiger partial charge in [0.05, 0.1) is 12.5 Å². The van der Waals surface area contributed by atoms with E-state index in [4.69, 9.17) is 20.3 Å². The largest absolute Gasteiger partial charge is 0.496 e. The number of aryl methyl sites for hydroxylation is 1. The first kappa shape index (κ1) is 30.4. The number of carbonyl (C=O) groups is 1. The topological polar surface area (TPSA) is 102 Å². The molecule has 11 heteroatoms. The minimum Gasteiger partial charge on any atom is -0.496 e. The van der Waals surface area contributed by atoms with Gasteiger partial charge in [0.2, 0.25) is 17.4 Å². The fraction of sp³-hybridized carbons (Fsp3) is 0.212. The van der Waals surface area contributed by atoms with E-state index in [1.54, 1.807) is 31.4 Å². The molecule has 1 aliphatic carbocycles. The zero-order valence-electron chi connectivity index (χ0n) is 24.2. The predicted octanol–water partition coefficient (Wildman–Crippen LogP) is 7.35. The van der Waals surface area contributed by atoms with Gasteiger partial charge in [-0.15, -0.1) is 0 Å². The van der Waals surface area contributed by atoms with E-state index in [1.165, 1.54) is 0 Å². The fourth-order valence-electron chi connectivity index (χ4n) is 5.25. The molecule has 228 valence electrons. The zero-order chi connectivity index (χ0) is 31.7. The molecule has 0 aromatic heterocycles. The molecule has 1 aliphatic heterocycles. The molecule has 0 fully saturated rings. The smallest absolute Gasteiger partial charge is 0.311 e. The number of nitrogens with zero attached hydrogens (tertiary/aromatic N) is 1. The van der Waals surface area contributed by atoms with Crippen LogP contribution in [0.1, 0.15) is 25.3 Å². The van der Waals surface area contributed by atoms with Crippen molar-refractivity contribution in [3.63, 3.8) is 0 Å². The third-order valence-corrected chi connectivity index (χ3v) is 7.35. The summed E-state index contributed by atoms with van der Waals surface area (Å²) in [7, 11) is 1.56. The Kier molecular flexibility index (Phi) is 8.48. The summed E-state index contributed by atoms with van der Waals surface area (Å²) in [6, 6.07) is 14.5. The van der Waals surface area contributed by atoms with Crippen LogP contribution in [0.2, 0.25) is 0 Å². The van der Waals surface area contributed by atoms with Gasteiger partial charge >= 0.3 is 5.97 Å².